The molecule has 0 saturated heterocycles. The van der Waals surface area contributed by atoms with Crippen molar-refractivity contribution in [1.29, 1.82) is 0 Å². The van der Waals surface area contributed by atoms with Gasteiger partial charge in [-0.3, -0.25) is 4.72 Å². The van der Waals surface area contributed by atoms with Gasteiger partial charge in [0.2, 0.25) is 5.75 Å². The second-order valence-corrected chi connectivity index (χ2v) is 7.79. The third kappa shape index (κ3) is 4.12. The van der Waals surface area contributed by atoms with Crippen LogP contribution in [0.5, 0.6) is 17.2 Å². The van der Waals surface area contributed by atoms with Gasteiger partial charge in [-0.15, -0.1) is 0 Å². The molecule has 1 heterocycles. The van der Waals surface area contributed by atoms with E-state index >= 15 is 0 Å². The van der Waals surface area contributed by atoms with E-state index in [9.17, 15) is 13.2 Å². The number of hydrogen-bond donors (Lipinski definition) is 1. The largest absolute Gasteiger partial charge is 0.493 e. The van der Waals surface area contributed by atoms with Crippen LogP contribution in [0, 0.1) is 13.8 Å². The van der Waals surface area contributed by atoms with Gasteiger partial charge in [-0.2, -0.15) is 0 Å². The number of sulfonamides is 1. The zero-order valence-electron chi connectivity index (χ0n) is 17.6. The quantitative estimate of drug-likeness (QED) is 0.647. The highest BCUT2D eigenvalue weighted by molar-refractivity contribution is 7.92. The summed E-state index contributed by atoms with van der Waals surface area (Å²) in [6, 6.07) is 2.93. The Hall–Kier alpha value is -2.88. The molecule has 9 nitrogen and oxygen atoms in total. The normalized spacial score (nSPS) is 11.1. The van der Waals surface area contributed by atoms with E-state index in [0.717, 1.165) is 0 Å². The van der Waals surface area contributed by atoms with E-state index in [1.165, 1.54) is 33.5 Å². The molecule has 0 atom stereocenters. The van der Waals surface area contributed by atoms with Crippen LogP contribution in [0.4, 0.5) is 5.69 Å². The van der Waals surface area contributed by atoms with Crippen LogP contribution in [0.3, 0.4) is 0 Å². The second kappa shape index (κ2) is 8.64. The lowest BCUT2D eigenvalue weighted by molar-refractivity contribution is 0.0521. The van der Waals surface area contributed by atoms with Crippen LogP contribution in [0.15, 0.2) is 17.0 Å². The van der Waals surface area contributed by atoms with Gasteiger partial charge < -0.3 is 23.5 Å². The highest BCUT2D eigenvalue weighted by atomic mass is 32.2. The molecule has 0 saturated carbocycles. The third-order valence-electron chi connectivity index (χ3n) is 4.59. The summed E-state index contributed by atoms with van der Waals surface area (Å²) >= 11 is 0. The molecule has 0 aliphatic rings. The highest BCUT2D eigenvalue weighted by Gasteiger charge is 2.32. The van der Waals surface area contributed by atoms with Gasteiger partial charge in [0.1, 0.15) is 10.5 Å². The van der Waals surface area contributed by atoms with Crippen LogP contribution in [-0.4, -0.2) is 46.9 Å². The van der Waals surface area contributed by atoms with E-state index in [0.29, 0.717) is 17.1 Å². The number of rotatable bonds is 8. The Labute approximate surface area is 170 Å². The first kappa shape index (κ1) is 22.4. The number of methoxy groups -OCH3 is 3. The molecule has 0 fully saturated rings. The molecule has 2 aromatic rings. The topological polar surface area (TPSA) is 105 Å². The number of ether oxygens (including phenoxy) is 4. The third-order valence-corrected chi connectivity index (χ3v) is 6.13. The summed E-state index contributed by atoms with van der Waals surface area (Å²) in [7, 11) is 1.86. The zero-order chi connectivity index (χ0) is 21.9. The molecule has 160 valence electrons. The van der Waals surface area contributed by atoms with Crippen LogP contribution >= 0.6 is 0 Å². The van der Waals surface area contributed by atoms with Crippen LogP contribution < -0.4 is 18.9 Å². The maximum Gasteiger partial charge on any atom is 0.341 e. The summed E-state index contributed by atoms with van der Waals surface area (Å²) in [6.45, 7) is 5.08. The monoisotopic (exact) mass is 426 g/mol. The van der Waals surface area contributed by atoms with Crippen molar-refractivity contribution >= 4 is 21.7 Å². The van der Waals surface area contributed by atoms with Gasteiger partial charge in [0.25, 0.3) is 10.0 Å². The molecule has 0 amide bonds. The van der Waals surface area contributed by atoms with Crippen molar-refractivity contribution in [3.63, 3.8) is 0 Å². The van der Waals surface area contributed by atoms with Crippen molar-refractivity contribution < 1.29 is 32.2 Å². The predicted molar refractivity (Wildman–Crippen MR) is 108 cm³/mol. The van der Waals surface area contributed by atoms with E-state index in [1.54, 1.807) is 32.4 Å². The van der Waals surface area contributed by atoms with Gasteiger partial charge in [-0.25, -0.2) is 13.2 Å². The van der Waals surface area contributed by atoms with Crippen molar-refractivity contribution in [1.82, 2.24) is 4.57 Å². The zero-order valence-corrected chi connectivity index (χ0v) is 18.4. The molecule has 0 unspecified atom stereocenters. The molecule has 1 N–H and O–H groups in total. The number of carbonyl (C=O) groups is 1. The van der Waals surface area contributed by atoms with E-state index < -0.39 is 16.0 Å². The Bertz CT molecular complexity index is 1000. The Balaban J connectivity index is 2.61. The number of nitrogens with zero attached hydrogens (tertiary/aromatic N) is 1. The number of benzene rings is 1. The van der Waals surface area contributed by atoms with E-state index in [-0.39, 0.29) is 34.3 Å². The molecule has 0 spiro atoms. The Morgan fingerprint density at radius 1 is 1.03 bits per heavy atom. The van der Waals surface area contributed by atoms with Crippen molar-refractivity contribution in [2.24, 2.45) is 7.05 Å². The first-order valence-corrected chi connectivity index (χ1v) is 10.3. The van der Waals surface area contributed by atoms with Crippen molar-refractivity contribution in [3.8, 4) is 17.2 Å². The molecule has 2 rings (SSSR count). The van der Waals surface area contributed by atoms with Crippen LogP contribution in [0.1, 0.15) is 28.7 Å². The van der Waals surface area contributed by atoms with Crippen LogP contribution in [-0.2, 0) is 21.8 Å². The molecule has 0 radical (unpaired) electrons. The number of nitrogens with one attached hydrogen (secondary N) is 1. The van der Waals surface area contributed by atoms with Gasteiger partial charge in [0, 0.05) is 30.6 Å². The molecular formula is C19H26N2O7S. The summed E-state index contributed by atoms with van der Waals surface area (Å²) in [5, 5.41) is 0. The van der Waals surface area contributed by atoms with Gasteiger partial charge in [0.05, 0.1) is 33.6 Å². The molecule has 1 aromatic carbocycles. The fourth-order valence-corrected chi connectivity index (χ4v) is 4.59. The lowest BCUT2D eigenvalue weighted by atomic mass is 10.2. The second-order valence-electron chi connectivity index (χ2n) is 6.17. The lowest BCUT2D eigenvalue weighted by Crippen LogP contribution is -2.18. The Morgan fingerprint density at radius 3 is 2.03 bits per heavy atom. The molecule has 10 heteroatoms. The van der Waals surface area contributed by atoms with Crippen LogP contribution in [0.25, 0.3) is 0 Å². The fourth-order valence-electron chi connectivity index (χ4n) is 3.04. The SMILES string of the molecule is CCOC(=O)c1c(S(=O)(=O)Nc2cc(OC)c(OC)c(OC)c2)c(C)n(C)c1C. The maximum absolute atomic E-state index is 13.2. The van der Waals surface area contributed by atoms with Crippen molar-refractivity contribution in [2.45, 2.75) is 25.7 Å². The number of carbonyl (C=O) groups excluding carboxylic acids is 1. The Kier molecular flexibility index (Phi) is 6.68. The van der Waals surface area contributed by atoms with Gasteiger partial charge in [-0.1, -0.05) is 0 Å². The number of aromatic nitrogens is 1. The summed E-state index contributed by atoms with van der Waals surface area (Å²) < 4.78 is 51.4. The maximum atomic E-state index is 13.2. The van der Waals surface area contributed by atoms with Crippen molar-refractivity contribution in [3.05, 3.63) is 29.1 Å². The van der Waals surface area contributed by atoms with Crippen LogP contribution in [0.2, 0.25) is 0 Å². The van der Waals surface area contributed by atoms with Gasteiger partial charge >= 0.3 is 5.97 Å². The smallest absolute Gasteiger partial charge is 0.341 e. The van der Waals surface area contributed by atoms with Gasteiger partial charge in [-0.05, 0) is 20.8 Å². The summed E-state index contributed by atoms with van der Waals surface area (Å²) in [4.78, 5) is 12.3. The number of hydrogen-bond acceptors (Lipinski definition) is 7. The first-order chi connectivity index (χ1) is 13.6. The van der Waals surface area contributed by atoms with E-state index in [2.05, 4.69) is 4.72 Å². The Morgan fingerprint density at radius 2 is 1.59 bits per heavy atom. The summed E-state index contributed by atoms with van der Waals surface area (Å²) in [6.07, 6.45) is 0. The highest BCUT2D eigenvalue weighted by Crippen LogP contribution is 2.40. The molecule has 1 aromatic heterocycles. The van der Waals surface area contributed by atoms with Gasteiger partial charge in [0.15, 0.2) is 11.5 Å². The lowest BCUT2D eigenvalue weighted by Gasteiger charge is -2.15. The number of anilines is 1. The average molecular weight is 426 g/mol. The molecule has 0 bridgehead atoms. The predicted octanol–water partition coefficient (Wildman–Crippen LogP) is 2.65. The van der Waals surface area contributed by atoms with Crippen molar-refractivity contribution in [2.75, 3.05) is 32.7 Å². The summed E-state index contributed by atoms with van der Waals surface area (Å²) in [5.41, 5.74) is 1.10. The fraction of sp³-hybridized carbons (Fsp3) is 0.421. The molecule has 0 aliphatic heterocycles. The minimum Gasteiger partial charge on any atom is -0.493 e. The molecule has 0 aliphatic carbocycles. The minimum atomic E-state index is -4.13. The standard InChI is InChI=1S/C19H26N2O7S/c1-8-28-19(22)16-11(2)21(4)12(3)18(16)29(23,24)20-13-9-14(25-5)17(27-7)15(10-13)26-6/h9-10,20H,8H2,1-7H3. The molecule has 29 heavy (non-hydrogen) atoms. The van der Waals surface area contributed by atoms with E-state index in [4.69, 9.17) is 18.9 Å². The molecular weight excluding hydrogens is 400 g/mol. The summed E-state index contributed by atoms with van der Waals surface area (Å²) in [5.74, 6) is 0.211. The first-order valence-electron chi connectivity index (χ1n) is 8.78. The number of esters is 1. The average Bonchev–Trinajstić information content (AvgIpc) is 2.91. The minimum absolute atomic E-state index is 0.00629. The van der Waals surface area contributed by atoms with E-state index in [1.807, 2.05) is 0 Å².